The van der Waals surface area contributed by atoms with Gasteiger partial charge in [0.05, 0.1) is 11.4 Å². The van der Waals surface area contributed by atoms with Gasteiger partial charge in [0, 0.05) is 10.9 Å². The normalized spacial score (nSPS) is 14.3. The molecule has 0 saturated heterocycles. The molecular weight excluding hydrogens is 288 g/mol. The monoisotopic (exact) mass is 298 g/mol. The van der Waals surface area contributed by atoms with Gasteiger partial charge >= 0.3 is 0 Å². The second kappa shape index (κ2) is 4.86. The summed E-state index contributed by atoms with van der Waals surface area (Å²) >= 11 is 3.43. The van der Waals surface area contributed by atoms with Gasteiger partial charge in [0.2, 0.25) is 0 Å². The van der Waals surface area contributed by atoms with Gasteiger partial charge in [0.1, 0.15) is 0 Å². The highest BCUT2D eigenvalue weighted by molar-refractivity contribution is 9.10. The van der Waals surface area contributed by atoms with Gasteiger partial charge in [-0.15, -0.1) is 0 Å². The Morgan fingerprint density at radius 1 is 0.722 bits per heavy atom. The van der Waals surface area contributed by atoms with Crippen molar-refractivity contribution in [1.29, 1.82) is 0 Å². The van der Waals surface area contributed by atoms with Crippen LogP contribution in [0.1, 0.15) is 17.5 Å². The molecule has 88 valence electrons. The summed E-state index contributed by atoms with van der Waals surface area (Å²) in [5, 5.41) is 8.56. The Bertz CT molecular complexity index is 613. The molecule has 0 aliphatic carbocycles. The summed E-state index contributed by atoms with van der Waals surface area (Å²) in [4.78, 5) is 0. The molecule has 1 aliphatic rings. The van der Waals surface area contributed by atoms with E-state index in [9.17, 15) is 0 Å². The third-order valence-electron chi connectivity index (χ3n) is 2.91. The van der Waals surface area contributed by atoms with E-state index in [0.717, 1.165) is 33.4 Å². The largest absolute Gasteiger partial charge is 0.154 e. The third-order valence-corrected chi connectivity index (χ3v) is 3.44. The molecule has 0 aromatic heterocycles. The molecule has 0 spiro atoms. The van der Waals surface area contributed by atoms with Crippen LogP contribution in [0, 0.1) is 0 Å². The highest BCUT2D eigenvalue weighted by Gasteiger charge is 2.15. The Morgan fingerprint density at radius 2 is 1.28 bits per heavy atom. The van der Waals surface area contributed by atoms with E-state index in [1.165, 1.54) is 0 Å². The fraction of sp³-hybridized carbons (Fsp3) is 0.0667. The van der Waals surface area contributed by atoms with Crippen LogP contribution >= 0.6 is 15.9 Å². The van der Waals surface area contributed by atoms with Crippen molar-refractivity contribution in [1.82, 2.24) is 0 Å². The number of nitrogens with zero attached hydrogens (tertiary/aromatic N) is 2. The zero-order chi connectivity index (χ0) is 12.4. The first-order chi connectivity index (χ1) is 8.83. The van der Waals surface area contributed by atoms with Crippen LogP contribution in [0.2, 0.25) is 0 Å². The minimum atomic E-state index is 0.797. The van der Waals surface area contributed by atoms with Crippen LogP contribution in [0.15, 0.2) is 69.3 Å². The van der Waals surface area contributed by atoms with E-state index in [1.54, 1.807) is 0 Å². The Balaban J connectivity index is 1.80. The Kier molecular flexibility index (Phi) is 3.07. The Morgan fingerprint density at radius 3 is 1.89 bits per heavy atom. The fourth-order valence-electron chi connectivity index (χ4n) is 1.94. The molecule has 0 amide bonds. The molecule has 3 heteroatoms. The van der Waals surface area contributed by atoms with Crippen LogP contribution in [0.25, 0.3) is 0 Å². The van der Waals surface area contributed by atoms with Crippen molar-refractivity contribution < 1.29 is 0 Å². The first-order valence-corrected chi connectivity index (χ1v) is 6.57. The molecule has 0 unspecified atom stereocenters. The predicted molar refractivity (Wildman–Crippen MR) is 78.3 cm³/mol. The summed E-state index contributed by atoms with van der Waals surface area (Å²) < 4.78 is 1.08. The minimum Gasteiger partial charge on any atom is -0.154 e. The van der Waals surface area contributed by atoms with Crippen LogP contribution in [0.3, 0.4) is 0 Å². The standard InChI is InChI=1S/C15H11BrN2/c16-13-8-6-12(7-9-13)15-10-14(17-18-15)11-4-2-1-3-5-11/h1-9H,10H2. The molecule has 1 heterocycles. The van der Waals surface area contributed by atoms with Gasteiger partial charge in [-0.25, -0.2) is 0 Å². The zero-order valence-corrected chi connectivity index (χ0v) is 11.3. The summed E-state index contributed by atoms with van der Waals surface area (Å²) in [5.41, 5.74) is 4.34. The highest BCUT2D eigenvalue weighted by atomic mass is 79.9. The maximum atomic E-state index is 4.28. The first-order valence-electron chi connectivity index (χ1n) is 5.78. The average Bonchev–Trinajstić information content (AvgIpc) is 2.90. The molecule has 0 radical (unpaired) electrons. The van der Waals surface area contributed by atoms with Gasteiger partial charge in [0.25, 0.3) is 0 Å². The quantitative estimate of drug-likeness (QED) is 0.799. The average molecular weight is 299 g/mol. The van der Waals surface area contributed by atoms with Crippen LogP contribution in [0.4, 0.5) is 0 Å². The molecule has 3 rings (SSSR count). The molecule has 2 aromatic carbocycles. The summed E-state index contributed by atoms with van der Waals surface area (Å²) in [5.74, 6) is 0. The van der Waals surface area contributed by atoms with E-state index >= 15 is 0 Å². The van der Waals surface area contributed by atoms with E-state index < -0.39 is 0 Å². The van der Waals surface area contributed by atoms with Gasteiger partial charge in [-0.1, -0.05) is 58.4 Å². The summed E-state index contributed by atoms with van der Waals surface area (Å²) in [6.45, 7) is 0. The molecule has 0 atom stereocenters. The topological polar surface area (TPSA) is 24.7 Å². The van der Waals surface area contributed by atoms with Crippen molar-refractivity contribution in [2.45, 2.75) is 6.42 Å². The predicted octanol–water partition coefficient (Wildman–Crippen LogP) is 4.05. The summed E-state index contributed by atoms with van der Waals surface area (Å²) in [6, 6.07) is 18.4. The molecule has 2 aromatic rings. The summed E-state index contributed by atoms with van der Waals surface area (Å²) in [6.07, 6.45) is 0.797. The van der Waals surface area contributed by atoms with Gasteiger partial charge in [0.15, 0.2) is 0 Å². The van der Waals surface area contributed by atoms with Crippen LogP contribution in [-0.4, -0.2) is 11.4 Å². The molecule has 0 saturated carbocycles. The van der Waals surface area contributed by atoms with Gasteiger partial charge in [-0.05, 0) is 23.3 Å². The highest BCUT2D eigenvalue weighted by Crippen LogP contribution is 2.18. The summed E-state index contributed by atoms with van der Waals surface area (Å²) in [7, 11) is 0. The number of rotatable bonds is 2. The van der Waals surface area contributed by atoms with Crippen LogP contribution in [-0.2, 0) is 0 Å². The Hall–Kier alpha value is -1.74. The van der Waals surface area contributed by atoms with E-state index in [2.05, 4.69) is 50.4 Å². The second-order valence-corrected chi connectivity index (χ2v) is 5.06. The lowest BCUT2D eigenvalue weighted by Crippen LogP contribution is -2.04. The number of halogens is 1. The number of hydrogen-bond donors (Lipinski definition) is 0. The molecule has 0 bridgehead atoms. The first kappa shape index (κ1) is 11.4. The molecule has 0 N–H and O–H groups in total. The van der Waals surface area contributed by atoms with Crippen molar-refractivity contribution in [3.05, 3.63) is 70.2 Å². The van der Waals surface area contributed by atoms with E-state index in [4.69, 9.17) is 0 Å². The van der Waals surface area contributed by atoms with Crippen molar-refractivity contribution in [3.63, 3.8) is 0 Å². The molecular formula is C15H11BrN2. The second-order valence-electron chi connectivity index (χ2n) is 4.14. The Labute approximate surface area is 114 Å². The van der Waals surface area contributed by atoms with E-state index in [0.29, 0.717) is 0 Å². The molecule has 0 fully saturated rings. The number of benzene rings is 2. The van der Waals surface area contributed by atoms with E-state index in [-0.39, 0.29) is 0 Å². The lowest BCUT2D eigenvalue weighted by atomic mass is 10.0. The van der Waals surface area contributed by atoms with Crippen molar-refractivity contribution in [3.8, 4) is 0 Å². The maximum Gasteiger partial charge on any atom is 0.0763 e. The van der Waals surface area contributed by atoms with Crippen molar-refractivity contribution in [2.75, 3.05) is 0 Å². The van der Waals surface area contributed by atoms with Crippen molar-refractivity contribution >= 4 is 27.4 Å². The van der Waals surface area contributed by atoms with Crippen LogP contribution < -0.4 is 0 Å². The van der Waals surface area contributed by atoms with E-state index in [1.807, 2.05) is 30.3 Å². The molecule has 1 aliphatic heterocycles. The number of hydrogen-bond acceptors (Lipinski definition) is 2. The molecule has 2 nitrogen and oxygen atoms in total. The third kappa shape index (κ3) is 2.27. The maximum absolute atomic E-state index is 4.28. The zero-order valence-electron chi connectivity index (χ0n) is 9.68. The molecule has 18 heavy (non-hydrogen) atoms. The van der Waals surface area contributed by atoms with Crippen LogP contribution in [0.5, 0.6) is 0 Å². The van der Waals surface area contributed by atoms with Gasteiger partial charge in [-0.2, -0.15) is 10.2 Å². The fourth-order valence-corrected chi connectivity index (χ4v) is 2.21. The lowest BCUT2D eigenvalue weighted by Gasteiger charge is -2.02. The smallest absolute Gasteiger partial charge is 0.0763 e. The lowest BCUT2D eigenvalue weighted by molar-refractivity contribution is 1.26. The van der Waals surface area contributed by atoms with Gasteiger partial charge in [-0.3, -0.25) is 0 Å². The van der Waals surface area contributed by atoms with Crippen molar-refractivity contribution in [2.24, 2.45) is 10.2 Å². The SMILES string of the molecule is Brc1ccc(C2=NN=C(c3ccccc3)C2)cc1. The van der Waals surface area contributed by atoms with Gasteiger partial charge < -0.3 is 0 Å². The minimum absolute atomic E-state index is 0.797.